The molecule has 2 heterocycles. The molecule has 0 spiro atoms. The fourth-order valence-corrected chi connectivity index (χ4v) is 1.78. The smallest absolute Gasteiger partial charge is 0.167 e. The van der Waals surface area contributed by atoms with E-state index in [9.17, 15) is 4.39 Å². The van der Waals surface area contributed by atoms with E-state index in [-0.39, 0.29) is 5.82 Å². The van der Waals surface area contributed by atoms with Gasteiger partial charge in [-0.15, -0.1) is 0 Å². The average molecular weight is 217 g/mol. The number of rotatable bonds is 1. The summed E-state index contributed by atoms with van der Waals surface area (Å²) in [7, 11) is 0. The maximum atomic E-state index is 13.1. The highest BCUT2D eigenvalue weighted by molar-refractivity contribution is 6.07. The summed E-state index contributed by atoms with van der Waals surface area (Å²) in [6.45, 7) is 0. The summed E-state index contributed by atoms with van der Waals surface area (Å²) >= 11 is 0. The number of halogens is 1. The third-order valence-corrected chi connectivity index (χ3v) is 2.48. The standard InChI is InChI=1S/C10H8FN5/c11-5-1-2-6-7(3-5)15-9-8(6)13-4-14-10(9)16-12/h1-4,15H,12H2,(H,13,14,16). The summed E-state index contributed by atoms with van der Waals surface area (Å²) in [4.78, 5) is 11.1. The number of fused-ring (bicyclic) bond motifs is 3. The molecule has 0 saturated heterocycles. The van der Waals surface area contributed by atoms with Crippen LogP contribution >= 0.6 is 0 Å². The van der Waals surface area contributed by atoms with Gasteiger partial charge < -0.3 is 10.4 Å². The van der Waals surface area contributed by atoms with E-state index < -0.39 is 0 Å². The molecule has 0 unspecified atom stereocenters. The maximum absolute atomic E-state index is 13.1. The molecule has 0 radical (unpaired) electrons. The molecule has 16 heavy (non-hydrogen) atoms. The lowest BCUT2D eigenvalue weighted by Gasteiger charge is -1.97. The Balaban J connectivity index is 2.49. The predicted molar refractivity (Wildman–Crippen MR) is 59.2 cm³/mol. The molecule has 2 aromatic heterocycles. The van der Waals surface area contributed by atoms with Crippen LogP contribution in [-0.4, -0.2) is 15.0 Å². The van der Waals surface area contributed by atoms with E-state index in [1.807, 2.05) is 0 Å². The lowest BCUT2D eigenvalue weighted by atomic mass is 10.2. The van der Waals surface area contributed by atoms with E-state index in [1.54, 1.807) is 6.07 Å². The monoisotopic (exact) mass is 217 g/mol. The van der Waals surface area contributed by atoms with E-state index >= 15 is 0 Å². The van der Waals surface area contributed by atoms with Crippen molar-refractivity contribution in [3.05, 3.63) is 30.3 Å². The first-order valence-corrected chi connectivity index (χ1v) is 4.68. The van der Waals surface area contributed by atoms with Crippen LogP contribution in [0.3, 0.4) is 0 Å². The third-order valence-electron chi connectivity index (χ3n) is 2.48. The topological polar surface area (TPSA) is 79.6 Å². The first-order valence-electron chi connectivity index (χ1n) is 4.68. The number of nitrogens with zero attached hydrogens (tertiary/aromatic N) is 2. The number of nitrogen functional groups attached to an aromatic ring is 1. The van der Waals surface area contributed by atoms with Crippen molar-refractivity contribution < 1.29 is 4.39 Å². The fourth-order valence-electron chi connectivity index (χ4n) is 1.78. The van der Waals surface area contributed by atoms with Crippen molar-refractivity contribution >= 4 is 27.8 Å². The number of hydrogen-bond acceptors (Lipinski definition) is 4. The van der Waals surface area contributed by atoms with E-state index in [0.717, 1.165) is 10.9 Å². The van der Waals surface area contributed by atoms with E-state index in [0.29, 0.717) is 16.9 Å². The number of aromatic nitrogens is 3. The highest BCUT2D eigenvalue weighted by atomic mass is 19.1. The summed E-state index contributed by atoms with van der Waals surface area (Å²) in [6, 6.07) is 4.49. The second-order valence-electron chi connectivity index (χ2n) is 3.41. The van der Waals surface area contributed by atoms with Gasteiger partial charge in [-0.2, -0.15) is 0 Å². The van der Waals surface area contributed by atoms with Gasteiger partial charge in [0.2, 0.25) is 0 Å². The zero-order valence-electron chi connectivity index (χ0n) is 8.16. The molecule has 3 rings (SSSR count). The molecule has 6 heteroatoms. The molecule has 0 aliphatic carbocycles. The van der Waals surface area contributed by atoms with Crippen LogP contribution in [0.5, 0.6) is 0 Å². The molecule has 0 bridgehead atoms. The summed E-state index contributed by atoms with van der Waals surface area (Å²) in [6.07, 6.45) is 1.41. The Morgan fingerprint density at radius 3 is 3.00 bits per heavy atom. The van der Waals surface area contributed by atoms with Crippen LogP contribution in [-0.2, 0) is 0 Å². The van der Waals surface area contributed by atoms with Crippen molar-refractivity contribution in [2.24, 2.45) is 5.84 Å². The number of anilines is 1. The second-order valence-corrected chi connectivity index (χ2v) is 3.41. The molecule has 3 aromatic rings. The molecule has 1 aromatic carbocycles. The average Bonchev–Trinajstić information content (AvgIpc) is 2.65. The zero-order valence-corrected chi connectivity index (χ0v) is 8.16. The van der Waals surface area contributed by atoms with Crippen LogP contribution in [0.15, 0.2) is 24.5 Å². The minimum Gasteiger partial charge on any atom is -0.350 e. The lowest BCUT2D eigenvalue weighted by molar-refractivity contribution is 0.629. The highest BCUT2D eigenvalue weighted by Crippen LogP contribution is 2.26. The molecule has 0 saturated carbocycles. The largest absolute Gasteiger partial charge is 0.350 e. The maximum Gasteiger partial charge on any atom is 0.167 e. The normalized spacial score (nSPS) is 11.1. The van der Waals surface area contributed by atoms with Gasteiger partial charge in [0.25, 0.3) is 0 Å². The number of nitrogens with two attached hydrogens (primary N) is 1. The first kappa shape index (κ1) is 9.05. The van der Waals surface area contributed by atoms with Crippen molar-refractivity contribution in [1.29, 1.82) is 0 Å². The molecule has 0 amide bonds. The Labute approximate surface area is 89.5 Å². The molecular weight excluding hydrogens is 209 g/mol. The molecule has 4 N–H and O–H groups in total. The second kappa shape index (κ2) is 3.14. The predicted octanol–water partition coefficient (Wildman–Crippen LogP) is 1.54. The van der Waals surface area contributed by atoms with Gasteiger partial charge in [0.05, 0.1) is 5.52 Å². The number of hydrogen-bond donors (Lipinski definition) is 3. The van der Waals surface area contributed by atoms with Crippen molar-refractivity contribution in [3.8, 4) is 0 Å². The van der Waals surface area contributed by atoms with Crippen LogP contribution in [0.25, 0.3) is 21.9 Å². The first-order chi connectivity index (χ1) is 7.79. The third kappa shape index (κ3) is 1.13. The Hall–Kier alpha value is -2.21. The van der Waals surface area contributed by atoms with Gasteiger partial charge in [0.15, 0.2) is 5.82 Å². The molecular formula is C10H8FN5. The number of benzene rings is 1. The Morgan fingerprint density at radius 1 is 1.31 bits per heavy atom. The van der Waals surface area contributed by atoms with Crippen LogP contribution in [0.4, 0.5) is 10.2 Å². The number of hydrazine groups is 1. The fraction of sp³-hybridized carbons (Fsp3) is 0. The summed E-state index contributed by atoms with van der Waals surface area (Å²) in [5.41, 5.74) is 4.53. The minimum absolute atomic E-state index is 0.297. The Bertz CT molecular complexity index is 675. The summed E-state index contributed by atoms with van der Waals surface area (Å²) < 4.78 is 13.1. The molecule has 0 atom stereocenters. The van der Waals surface area contributed by atoms with Crippen LogP contribution in [0.1, 0.15) is 0 Å². The van der Waals surface area contributed by atoms with Crippen molar-refractivity contribution in [2.75, 3.05) is 5.43 Å². The molecule has 5 nitrogen and oxygen atoms in total. The lowest BCUT2D eigenvalue weighted by Crippen LogP contribution is -2.09. The quantitative estimate of drug-likeness (QED) is 0.426. The van der Waals surface area contributed by atoms with E-state index in [2.05, 4.69) is 20.4 Å². The van der Waals surface area contributed by atoms with Gasteiger partial charge in [-0.3, -0.25) is 0 Å². The number of nitrogens with one attached hydrogen (secondary N) is 2. The molecule has 0 fully saturated rings. The zero-order chi connectivity index (χ0) is 11.1. The summed E-state index contributed by atoms with van der Waals surface area (Å²) in [5.74, 6) is 5.52. The van der Waals surface area contributed by atoms with Crippen LogP contribution in [0, 0.1) is 5.82 Å². The number of H-pyrrole nitrogens is 1. The highest BCUT2D eigenvalue weighted by Gasteiger charge is 2.09. The van der Waals surface area contributed by atoms with Crippen molar-refractivity contribution in [1.82, 2.24) is 15.0 Å². The Kier molecular flexibility index (Phi) is 1.78. The van der Waals surface area contributed by atoms with Crippen molar-refractivity contribution in [2.45, 2.75) is 0 Å². The number of aromatic amines is 1. The van der Waals surface area contributed by atoms with Crippen LogP contribution < -0.4 is 11.3 Å². The van der Waals surface area contributed by atoms with Gasteiger partial charge in [0, 0.05) is 5.39 Å². The SMILES string of the molecule is NNc1ncnc2c1[nH]c1cc(F)ccc12. The van der Waals surface area contributed by atoms with E-state index in [1.165, 1.54) is 18.5 Å². The summed E-state index contributed by atoms with van der Waals surface area (Å²) in [5, 5.41) is 0.843. The van der Waals surface area contributed by atoms with Gasteiger partial charge in [-0.1, -0.05) is 0 Å². The van der Waals surface area contributed by atoms with Crippen molar-refractivity contribution in [3.63, 3.8) is 0 Å². The molecule has 0 aliphatic heterocycles. The van der Waals surface area contributed by atoms with Gasteiger partial charge in [-0.05, 0) is 18.2 Å². The van der Waals surface area contributed by atoms with Gasteiger partial charge >= 0.3 is 0 Å². The van der Waals surface area contributed by atoms with E-state index in [4.69, 9.17) is 5.84 Å². The van der Waals surface area contributed by atoms with Gasteiger partial charge in [0.1, 0.15) is 23.2 Å². The van der Waals surface area contributed by atoms with Crippen LogP contribution in [0.2, 0.25) is 0 Å². The van der Waals surface area contributed by atoms with Gasteiger partial charge in [-0.25, -0.2) is 20.2 Å². The Morgan fingerprint density at radius 2 is 2.19 bits per heavy atom. The minimum atomic E-state index is -0.297. The molecule has 80 valence electrons. The molecule has 0 aliphatic rings.